The molecule has 0 spiro atoms. The Kier molecular flexibility index (Phi) is 8.20. The van der Waals surface area contributed by atoms with Crippen molar-refractivity contribution >= 4 is 0 Å². The Bertz CT molecular complexity index is 603. The van der Waals surface area contributed by atoms with E-state index in [0.29, 0.717) is 23.1 Å². The summed E-state index contributed by atoms with van der Waals surface area (Å²) in [6.07, 6.45) is 0.379. The van der Waals surface area contributed by atoms with E-state index in [2.05, 4.69) is 6.92 Å². The van der Waals surface area contributed by atoms with E-state index < -0.39 is 5.82 Å². The average molecular weight is 363 g/mol. The standard InChI is InChI=1S/C16H15F2O2.Rb/c1-3-11-4-5-12(8-14(11)17)13-6-7-16(15(18)9-13)20-10-19-2;/h4-9H,1,3,10H2,2H3;/q-1;+1. The van der Waals surface area contributed by atoms with Crippen molar-refractivity contribution in [2.24, 2.45) is 0 Å². The second-order valence-electron chi connectivity index (χ2n) is 4.25. The maximum absolute atomic E-state index is 13.8. The number of benzene rings is 2. The quantitative estimate of drug-likeness (QED) is 0.583. The van der Waals surface area contributed by atoms with Crippen LogP contribution in [0, 0.1) is 18.6 Å². The Labute approximate surface area is 172 Å². The molecular formula is C16H15F2O2Rb. The van der Waals surface area contributed by atoms with E-state index in [-0.39, 0.29) is 76.5 Å². The number of ether oxygens (including phenoxy) is 2. The Balaban J connectivity index is 0.00000220. The minimum absolute atomic E-state index is 0. The molecule has 0 aliphatic heterocycles. The van der Waals surface area contributed by atoms with Crippen molar-refractivity contribution < 1.29 is 76.4 Å². The van der Waals surface area contributed by atoms with Crippen LogP contribution in [0.5, 0.6) is 5.75 Å². The normalized spacial score (nSPS) is 10.1. The first-order chi connectivity index (χ1) is 9.65. The molecule has 2 rings (SSSR count). The molecule has 0 saturated heterocycles. The molecule has 0 unspecified atom stereocenters. The number of hydrogen-bond donors (Lipinski definition) is 0. The first-order valence-electron chi connectivity index (χ1n) is 6.15. The molecule has 2 aromatic carbocycles. The molecule has 0 atom stereocenters. The molecular weight excluding hydrogens is 348 g/mol. The molecule has 0 fully saturated rings. The zero-order chi connectivity index (χ0) is 14.5. The summed E-state index contributed by atoms with van der Waals surface area (Å²) in [4.78, 5) is 0. The smallest absolute Gasteiger partial charge is 0.464 e. The predicted octanol–water partition coefficient (Wildman–Crippen LogP) is 0.995. The van der Waals surface area contributed by atoms with E-state index in [9.17, 15) is 8.78 Å². The summed E-state index contributed by atoms with van der Waals surface area (Å²) in [5.74, 6) is -0.746. The van der Waals surface area contributed by atoms with Crippen molar-refractivity contribution in [3.8, 4) is 16.9 Å². The third-order valence-electron chi connectivity index (χ3n) is 2.92. The minimum Gasteiger partial charge on any atom is -0.464 e. The summed E-state index contributed by atoms with van der Waals surface area (Å²) >= 11 is 0. The Hall–Kier alpha value is -0.135. The number of rotatable bonds is 5. The number of hydrogen-bond acceptors (Lipinski definition) is 2. The molecule has 21 heavy (non-hydrogen) atoms. The van der Waals surface area contributed by atoms with Gasteiger partial charge in [0, 0.05) is 7.11 Å². The maximum atomic E-state index is 13.8. The van der Waals surface area contributed by atoms with Gasteiger partial charge >= 0.3 is 58.2 Å². The minimum atomic E-state index is -0.513. The van der Waals surface area contributed by atoms with Crippen molar-refractivity contribution in [3.63, 3.8) is 0 Å². The average Bonchev–Trinajstić information content (AvgIpc) is 2.46. The molecule has 2 aromatic rings. The van der Waals surface area contributed by atoms with Crippen molar-refractivity contribution in [1.29, 1.82) is 0 Å². The number of halogens is 2. The Morgan fingerprint density at radius 3 is 2.14 bits per heavy atom. The number of methoxy groups -OCH3 is 1. The SMILES string of the molecule is [CH2-]Cc1ccc(-c2ccc(OCOC)c(F)c2)cc1F.[Rb+]. The summed E-state index contributed by atoms with van der Waals surface area (Å²) in [5.41, 5.74) is 1.73. The van der Waals surface area contributed by atoms with Gasteiger partial charge in [-0.25, -0.2) is 8.78 Å². The molecule has 0 radical (unpaired) electrons. The van der Waals surface area contributed by atoms with Crippen LogP contribution in [0.2, 0.25) is 0 Å². The molecule has 106 valence electrons. The van der Waals surface area contributed by atoms with Gasteiger partial charge in [0.05, 0.1) is 0 Å². The third-order valence-corrected chi connectivity index (χ3v) is 2.92. The monoisotopic (exact) mass is 362 g/mol. The largest absolute Gasteiger partial charge is 1.00 e. The first-order valence-corrected chi connectivity index (χ1v) is 6.15. The predicted molar refractivity (Wildman–Crippen MR) is 73.4 cm³/mol. The van der Waals surface area contributed by atoms with Crippen LogP contribution in [0.15, 0.2) is 36.4 Å². The van der Waals surface area contributed by atoms with E-state index in [1.54, 1.807) is 18.2 Å². The van der Waals surface area contributed by atoms with Gasteiger partial charge in [-0.2, -0.15) is 6.42 Å². The van der Waals surface area contributed by atoms with Crippen LogP contribution in [0.25, 0.3) is 11.1 Å². The first kappa shape index (κ1) is 18.9. The summed E-state index contributed by atoms with van der Waals surface area (Å²) in [5, 5.41) is 0. The van der Waals surface area contributed by atoms with Gasteiger partial charge in [0.2, 0.25) is 0 Å². The molecule has 0 bridgehead atoms. The molecule has 0 aliphatic rings. The summed E-state index contributed by atoms with van der Waals surface area (Å²) in [6, 6.07) is 9.26. The van der Waals surface area contributed by atoms with Crippen LogP contribution in [0.1, 0.15) is 5.56 Å². The van der Waals surface area contributed by atoms with Gasteiger partial charge in [-0.3, -0.25) is 0 Å². The van der Waals surface area contributed by atoms with Crippen LogP contribution >= 0.6 is 0 Å². The Morgan fingerprint density at radius 1 is 1.00 bits per heavy atom. The third kappa shape index (κ3) is 4.93. The fourth-order valence-electron chi connectivity index (χ4n) is 1.85. The van der Waals surface area contributed by atoms with Gasteiger partial charge in [0.1, 0.15) is 5.82 Å². The van der Waals surface area contributed by atoms with Crippen LogP contribution in [0.3, 0.4) is 0 Å². The zero-order valence-corrected chi connectivity index (χ0v) is 17.1. The van der Waals surface area contributed by atoms with Gasteiger partial charge < -0.3 is 16.4 Å². The molecule has 0 N–H and O–H groups in total. The van der Waals surface area contributed by atoms with Gasteiger partial charge in [-0.05, 0) is 34.9 Å². The van der Waals surface area contributed by atoms with Crippen LogP contribution in [0.4, 0.5) is 8.78 Å². The maximum Gasteiger partial charge on any atom is 1.00 e. The molecule has 0 aliphatic carbocycles. The van der Waals surface area contributed by atoms with Crippen molar-refractivity contribution in [2.75, 3.05) is 13.9 Å². The van der Waals surface area contributed by atoms with Crippen LogP contribution in [-0.4, -0.2) is 13.9 Å². The fraction of sp³-hybridized carbons (Fsp3) is 0.188. The van der Waals surface area contributed by atoms with E-state index in [1.165, 1.54) is 25.3 Å². The van der Waals surface area contributed by atoms with Crippen LogP contribution in [-0.2, 0) is 11.2 Å². The van der Waals surface area contributed by atoms with Crippen LogP contribution < -0.4 is 62.9 Å². The molecule has 5 heteroatoms. The van der Waals surface area contributed by atoms with Gasteiger partial charge in [-0.15, -0.1) is 0 Å². The van der Waals surface area contributed by atoms with E-state index >= 15 is 0 Å². The van der Waals surface area contributed by atoms with E-state index in [0.717, 1.165) is 0 Å². The molecule has 0 saturated carbocycles. The second kappa shape index (κ2) is 9.11. The fourth-order valence-corrected chi connectivity index (χ4v) is 1.85. The van der Waals surface area contributed by atoms with Crippen molar-refractivity contribution in [1.82, 2.24) is 0 Å². The van der Waals surface area contributed by atoms with Gasteiger partial charge in [0.25, 0.3) is 0 Å². The van der Waals surface area contributed by atoms with Gasteiger partial charge in [0.15, 0.2) is 18.4 Å². The Morgan fingerprint density at radius 2 is 1.62 bits per heavy atom. The van der Waals surface area contributed by atoms with E-state index in [1.807, 2.05) is 0 Å². The van der Waals surface area contributed by atoms with Crippen molar-refractivity contribution in [2.45, 2.75) is 6.42 Å². The molecule has 0 heterocycles. The zero-order valence-electron chi connectivity index (χ0n) is 12.2. The summed E-state index contributed by atoms with van der Waals surface area (Å²) in [7, 11) is 1.46. The molecule has 0 aromatic heterocycles. The summed E-state index contributed by atoms with van der Waals surface area (Å²) < 4.78 is 37.3. The second-order valence-corrected chi connectivity index (χ2v) is 4.25. The van der Waals surface area contributed by atoms with Gasteiger partial charge in [-0.1, -0.05) is 18.2 Å². The molecule has 2 nitrogen and oxygen atoms in total. The molecule has 0 amide bonds. The topological polar surface area (TPSA) is 18.5 Å². The van der Waals surface area contributed by atoms with Crippen molar-refractivity contribution in [3.05, 3.63) is 60.5 Å². The van der Waals surface area contributed by atoms with E-state index in [4.69, 9.17) is 9.47 Å². The summed E-state index contributed by atoms with van der Waals surface area (Å²) in [6.45, 7) is 3.62.